The largest absolute Gasteiger partial charge is 0.462 e. The van der Waals surface area contributed by atoms with E-state index in [9.17, 15) is 29.4 Å². The molecule has 12 nitrogen and oxygen atoms in total. The van der Waals surface area contributed by atoms with E-state index in [4.69, 9.17) is 14.2 Å². The number of carbonyl (C=O) groups excluding carboxylic acids is 4. The topological polar surface area (TPSA) is 164 Å². The maximum absolute atomic E-state index is 14.3. The van der Waals surface area contributed by atoms with Crippen LogP contribution in [0.1, 0.15) is 84.1 Å². The average molecular weight is 786 g/mol. The molecule has 4 rings (SSSR count). The van der Waals surface area contributed by atoms with Crippen LogP contribution < -0.4 is 10.6 Å². The van der Waals surface area contributed by atoms with Crippen LogP contribution in [0.5, 0.6) is 0 Å². The molecule has 1 unspecified atom stereocenters. The molecule has 4 N–H and O–H groups in total. The van der Waals surface area contributed by atoms with Crippen LogP contribution >= 0.6 is 11.8 Å². The summed E-state index contributed by atoms with van der Waals surface area (Å²) in [4.78, 5) is 53.9. The molecule has 1 aliphatic heterocycles. The van der Waals surface area contributed by atoms with Crippen LogP contribution in [0.4, 0.5) is 0 Å². The van der Waals surface area contributed by atoms with Gasteiger partial charge in [0.15, 0.2) is 0 Å². The third-order valence-corrected chi connectivity index (χ3v) is 11.9. The quantitative estimate of drug-likeness (QED) is 0.125. The highest BCUT2D eigenvalue weighted by Crippen LogP contribution is 2.29. The Hall–Kier alpha value is -3.23. The molecular weight excluding hydrogens is 723 g/mol. The summed E-state index contributed by atoms with van der Waals surface area (Å²) in [7, 11) is 0. The number of benzene rings is 2. The molecule has 55 heavy (non-hydrogen) atoms. The Balaban J connectivity index is 1.52. The van der Waals surface area contributed by atoms with Crippen molar-refractivity contribution in [3.8, 4) is 0 Å². The molecule has 6 atom stereocenters. The van der Waals surface area contributed by atoms with E-state index in [1.807, 2.05) is 49.4 Å². The van der Waals surface area contributed by atoms with Gasteiger partial charge in [0, 0.05) is 45.0 Å². The van der Waals surface area contributed by atoms with Gasteiger partial charge in [-0.2, -0.15) is 11.8 Å². The maximum Gasteiger partial charge on any atom is 0.303 e. The number of carbonyl (C=O) groups is 4. The van der Waals surface area contributed by atoms with Crippen LogP contribution in [0.25, 0.3) is 10.8 Å². The van der Waals surface area contributed by atoms with E-state index >= 15 is 0 Å². The molecule has 1 saturated carbocycles. The first-order chi connectivity index (χ1) is 26.5. The molecule has 0 spiro atoms. The molecule has 1 aliphatic carbocycles. The highest BCUT2D eigenvalue weighted by atomic mass is 32.2. The predicted octanol–water partition coefficient (Wildman–Crippen LogP) is 4.41. The van der Waals surface area contributed by atoms with E-state index in [1.54, 1.807) is 0 Å². The van der Waals surface area contributed by atoms with Crippen molar-refractivity contribution in [3.63, 3.8) is 0 Å². The van der Waals surface area contributed by atoms with Crippen molar-refractivity contribution >= 4 is 46.3 Å². The van der Waals surface area contributed by atoms with E-state index in [0.29, 0.717) is 69.4 Å². The number of nitrogens with one attached hydrogen (secondary N) is 2. The Kier molecular flexibility index (Phi) is 19.2. The van der Waals surface area contributed by atoms with Crippen molar-refractivity contribution in [2.45, 2.75) is 115 Å². The number of β-amino-alcohol motifs (C(OH)–C–C–N with tert-alkyl or cyclic N) is 1. The van der Waals surface area contributed by atoms with Gasteiger partial charge in [-0.3, -0.25) is 24.1 Å². The van der Waals surface area contributed by atoms with Gasteiger partial charge in [0.05, 0.1) is 31.3 Å². The van der Waals surface area contributed by atoms with Crippen molar-refractivity contribution in [2.75, 3.05) is 51.0 Å². The number of fused-ring (bicyclic) bond motifs is 1. The van der Waals surface area contributed by atoms with Gasteiger partial charge in [-0.25, -0.2) is 0 Å². The second-order valence-corrected chi connectivity index (χ2v) is 16.2. The summed E-state index contributed by atoms with van der Waals surface area (Å²) in [6.45, 7) is 7.31. The predicted molar refractivity (Wildman–Crippen MR) is 215 cm³/mol. The van der Waals surface area contributed by atoms with Gasteiger partial charge in [0.25, 0.3) is 0 Å². The molecule has 0 aromatic heterocycles. The van der Waals surface area contributed by atoms with E-state index < -0.39 is 48.3 Å². The molecule has 306 valence electrons. The normalized spacial score (nSPS) is 18.7. The lowest BCUT2D eigenvalue weighted by Gasteiger charge is -2.35. The van der Waals surface area contributed by atoms with Crippen LogP contribution in [0.2, 0.25) is 0 Å². The van der Waals surface area contributed by atoms with Crippen molar-refractivity contribution in [3.05, 3.63) is 48.0 Å². The number of nitrogens with zero attached hydrogens (tertiary/aromatic N) is 1. The van der Waals surface area contributed by atoms with Crippen molar-refractivity contribution < 1.29 is 43.6 Å². The van der Waals surface area contributed by atoms with Crippen LogP contribution in [-0.2, 0) is 39.8 Å². The zero-order valence-corrected chi connectivity index (χ0v) is 33.7. The SMILES string of the molecule is CCCC[C@H](NC(=O)[C@@H](CSCC(COC(C)=O)OC(C)=O)Cc1cccc2ccccc12)C(=O)N[C@@H](CC1CCCCC1)[C@@H](O)[C@@H](O)CN1CCOCC1. The first-order valence-electron chi connectivity index (χ1n) is 20.2. The minimum Gasteiger partial charge on any atom is -0.462 e. The lowest BCUT2D eigenvalue weighted by molar-refractivity contribution is -0.154. The number of esters is 2. The van der Waals surface area contributed by atoms with E-state index in [2.05, 4.69) is 15.5 Å². The summed E-state index contributed by atoms with van der Waals surface area (Å²) in [6, 6.07) is 12.5. The van der Waals surface area contributed by atoms with Crippen LogP contribution in [0.3, 0.4) is 0 Å². The molecule has 0 radical (unpaired) electrons. The second-order valence-electron chi connectivity index (χ2n) is 15.1. The van der Waals surface area contributed by atoms with Gasteiger partial charge in [-0.05, 0) is 41.5 Å². The van der Waals surface area contributed by atoms with Crippen molar-refractivity contribution in [1.82, 2.24) is 15.5 Å². The summed E-state index contributed by atoms with van der Waals surface area (Å²) in [5.74, 6) is -1.19. The van der Waals surface area contributed by atoms with Crippen molar-refractivity contribution in [1.29, 1.82) is 0 Å². The zero-order valence-electron chi connectivity index (χ0n) is 32.9. The molecule has 1 saturated heterocycles. The summed E-state index contributed by atoms with van der Waals surface area (Å²) in [5.41, 5.74) is 0.995. The Labute approximate surface area is 330 Å². The Morgan fingerprint density at radius 1 is 0.927 bits per heavy atom. The van der Waals surface area contributed by atoms with Crippen LogP contribution in [0.15, 0.2) is 42.5 Å². The summed E-state index contributed by atoms with van der Waals surface area (Å²) < 4.78 is 16.0. The highest BCUT2D eigenvalue weighted by Gasteiger charge is 2.34. The zero-order chi connectivity index (χ0) is 39.6. The van der Waals surface area contributed by atoms with Gasteiger partial charge < -0.3 is 35.1 Å². The van der Waals surface area contributed by atoms with Gasteiger partial charge in [0.1, 0.15) is 24.9 Å². The summed E-state index contributed by atoms with van der Waals surface area (Å²) in [6.07, 6.45) is 5.40. The Bertz CT molecular complexity index is 1490. The first-order valence-corrected chi connectivity index (χ1v) is 21.3. The number of unbranched alkanes of at least 4 members (excludes halogenated alkanes) is 1. The third-order valence-electron chi connectivity index (χ3n) is 10.6. The Morgan fingerprint density at radius 2 is 1.65 bits per heavy atom. The van der Waals surface area contributed by atoms with E-state index in [1.165, 1.54) is 32.0 Å². The van der Waals surface area contributed by atoms with Gasteiger partial charge in [-0.15, -0.1) is 0 Å². The first kappa shape index (κ1) is 44.5. The monoisotopic (exact) mass is 785 g/mol. The molecule has 13 heteroatoms. The standard InChI is InChI=1S/C42H63N3O9S/c1-4-5-18-37(42(51)44-38(23-31-12-7-6-8-13-31)40(49)39(48)25-45-19-21-52-22-20-45)43-41(50)34(24-33-16-11-15-32-14-9-10-17-36(32)33)27-55-28-35(54-30(3)47)26-53-29(2)46/h9-11,14-17,31,34-35,37-40,48-49H,4-8,12-13,18-28H2,1-3H3,(H,43,50)(H,44,51)/t34-,35?,37+,38+,39+,40-/m1/s1. The number of aliphatic hydroxyl groups is 2. The summed E-state index contributed by atoms with van der Waals surface area (Å²) in [5, 5.41) is 31.1. The number of rotatable bonds is 22. The molecule has 2 aromatic rings. The lowest BCUT2D eigenvalue weighted by Crippen LogP contribution is -2.57. The van der Waals surface area contributed by atoms with E-state index in [0.717, 1.165) is 48.4 Å². The molecule has 2 aliphatic rings. The minimum atomic E-state index is -1.18. The van der Waals surface area contributed by atoms with Crippen LogP contribution in [-0.4, -0.2) is 120 Å². The van der Waals surface area contributed by atoms with Gasteiger partial charge in [0.2, 0.25) is 11.8 Å². The fourth-order valence-corrected chi connectivity index (χ4v) is 8.72. The molecule has 2 fully saturated rings. The molecular formula is C42H63N3O9S. The number of morpholine rings is 1. The third kappa shape index (κ3) is 15.3. The number of thioether (sulfide) groups is 1. The van der Waals surface area contributed by atoms with E-state index in [-0.39, 0.29) is 25.0 Å². The number of ether oxygens (including phenoxy) is 3. The maximum atomic E-state index is 14.3. The lowest BCUT2D eigenvalue weighted by atomic mass is 9.83. The molecule has 2 amide bonds. The summed E-state index contributed by atoms with van der Waals surface area (Å²) >= 11 is 1.42. The molecule has 1 heterocycles. The number of amides is 2. The number of hydrogen-bond donors (Lipinski definition) is 4. The van der Waals surface area contributed by atoms with Crippen LogP contribution in [0, 0.1) is 11.8 Å². The average Bonchev–Trinajstić information content (AvgIpc) is 3.18. The second kappa shape index (κ2) is 23.7. The number of hydrogen-bond acceptors (Lipinski definition) is 11. The number of aliphatic hydroxyl groups excluding tert-OH is 2. The minimum absolute atomic E-state index is 0.0869. The Morgan fingerprint density at radius 3 is 2.36 bits per heavy atom. The molecule has 2 aromatic carbocycles. The van der Waals surface area contributed by atoms with Gasteiger partial charge in [-0.1, -0.05) is 94.3 Å². The van der Waals surface area contributed by atoms with Crippen molar-refractivity contribution in [2.24, 2.45) is 11.8 Å². The van der Waals surface area contributed by atoms with Gasteiger partial charge >= 0.3 is 11.9 Å². The molecule has 0 bridgehead atoms. The smallest absolute Gasteiger partial charge is 0.303 e. The fourth-order valence-electron chi connectivity index (χ4n) is 7.61. The fraction of sp³-hybridized carbons (Fsp3) is 0.667. The highest BCUT2D eigenvalue weighted by molar-refractivity contribution is 7.99.